The summed E-state index contributed by atoms with van der Waals surface area (Å²) in [6.45, 7) is 0.742. The van der Waals surface area contributed by atoms with Crippen molar-refractivity contribution in [2.75, 3.05) is 11.6 Å². The third kappa shape index (κ3) is 4.29. The normalized spacial score (nSPS) is 10.5. The monoisotopic (exact) mass is 322 g/mol. The second kappa shape index (κ2) is 7.74. The lowest BCUT2D eigenvalue weighted by atomic mass is 10.2. The van der Waals surface area contributed by atoms with Gasteiger partial charge in [0.05, 0.1) is 5.69 Å². The number of thioether (sulfide) groups is 1. The highest BCUT2D eigenvalue weighted by Gasteiger charge is 2.07. The summed E-state index contributed by atoms with van der Waals surface area (Å²) in [6, 6.07) is 16.2. The summed E-state index contributed by atoms with van der Waals surface area (Å²) < 4.78 is 0. The molecule has 1 aromatic carbocycles. The molecular formula is C18H18N4S. The Labute approximate surface area is 140 Å². The van der Waals surface area contributed by atoms with Gasteiger partial charge in [-0.25, -0.2) is 9.97 Å². The van der Waals surface area contributed by atoms with Crippen molar-refractivity contribution in [2.45, 2.75) is 12.3 Å². The first-order chi connectivity index (χ1) is 11.3. The zero-order valence-electron chi connectivity index (χ0n) is 12.9. The molecule has 23 heavy (non-hydrogen) atoms. The van der Waals surface area contributed by atoms with Crippen LogP contribution < -0.4 is 5.32 Å². The van der Waals surface area contributed by atoms with E-state index in [0.717, 1.165) is 35.2 Å². The Morgan fingerprint density at radius 2 is 1.78 bits per heavy atom. The molecule has 1 N–H and O–H groups in total. The van der Waals surface area contributed by atoms with E-state index in [4.69, 9.17) is 0 Å². The summed E-state index contributed by atoms with van der Waals surface area (Å²) >= 11 is 1.75. The van der Waals surface area contributed by atoms with Crippen LogP contribution in [0.3, 0.4) is 0 Å². The largest absolute Gasteiger partial charge is 0.366 e. The summed E-state index contributed by atoms with van der Waals surface area (Å²) in [4.78, 5) is 13.3. The van der Waals surface area contributed by atoms with Gasteiger partial charge in [-0.05, 0) is 24.0 Å². The Hall–Kier alpha value is -2.40. The van der Waals surface area contributed by atoms with E-state index in [1.54, 1.807) is 24.2 Å². The molecule has 0 atom stereocenters. The molecule has 0 aliphatic rings. The van der Waals surface area contributed by atoms with E-state index in [1.807, 2.05) is 36.4 Å². The molecule has 2 aromatic heterocycles. The molecule has 0 bridgehead atoms. The maximum absolute atomic E-state index is 4.65. The average molecular weight is 322 g/mol. The van der Waals surface area contributed by atoms with Crippen molar-refractivity contribution in [1.29, 1.82) is 0 Å². The number of anilines is 1. The Kier molecular flexibility index (Phi) is 5.21. The summed E-state index contributed by atoms with van der Waals surface area (Å²) in [6.07, 6.45) is 5.60. The van der Waals surface area contributed by atoms with Crippen LogP contribution in [-0.2, 0) is 12.3 Å². The van der Waals surface area contributed by atoms with Crippen molar-refractivity contribution >= 4 is 17.6 Å². The van der Waals surface area contributed by atoms with Crippen LogP contribution in [0.2, 0.25) is 0 Å². The minimum atomic E-state index is 0.731. The van der Waals surface area contributed by atoms with Gasteiger partial charge in [-0.2, -0.15) is 11.8 Å². The van der Waals surface area contributed by atoms with E-state index in [0.29, 0.717) is 0 Å². The van der Waals surface area contributed by atoms with Crippen LogP contribution in [0.1, 0.15) is 11.3 Å². The molecule has 116 valence electrons. The highest BCUT2D eigenvalue weighted by atomic mass is 32.2. The van der Waals surface area contributed by atoms with Crippen molar-refractivity contribution in [3.8, 4) is 11.4 Å². The molecule has 2 heterocycles. The van der Waals surface area contributed by atoms with Gasteiger partial charge in [0.2, 0.25) is 0 Å². The highest BCUT2D eigenvalue weighted by molar-refractivity contribution is 7.97. The molecule has 0 saturated carbocycles. The van der Waals surface area contributed by atoms with Crippen molar-refractivity contribution in [1.82, 2.24) is 15.0 Å². The van der Waals surface area contributed by atoms with Crippen molar-refractivity contribution in [2.24, 2.45) is 0 Å². The fourth-order valence-corrected chi connectivity index (χ4v) is 2.67. The molecule has 4 nitrogen and oxygen atoms in total. The molecule has 0 unspecified atom stereocenters. The zero-order chi connectivity index (χ0) is 15.9. The molecule has 0 spiro atoms. The Balaban J connectivity index is 1.85. The predicted molar refractivity (Wildman–Crippen MR) is 96.3 cm³/mol. The van der Waals surface area contributed by atoms with Crippen LogP contribution >= 0.6 is 11.8 Å². The van der Waals surface area contributed by atoms with Crippen LogP contribution in [0.5, 0.6) is 0 Å². The molecule has 0 amide bonds. The fourth-order valence-electron chi connectivity index (χ4n) is 2.23. The predicted octanol–water partition coefficient (Wildman–Crippen LogP) is 4.01. The van der Waals surface area contributed by atoms with Crippen molar-refractivity contribution in [3.63, 3.8) is 0 Å². The lowest BCUT2D eigenvalue weighted by Gasteiger charge is -2.10. The van der Waals surface area contributed by atoms with Gasteiger partial charge in [0.25, 0.3) is 0 Å². The lowest BCUT2D eigenvalue weighted by molar-refractivity contribution is 1.05. The topological polar surface area (TPSA) is 50.7 Å². The SMILES string of the molecule is CSCc1cc(NCc2ccccc2)nc(-c2ccncc2)n1. The third-order valence-electron chi connectivity index (χ3n) is 3.33. The fraction of sp³-hybridized carbons (Fsp3) is 0.167. The van der Waals surface area contributed by atoms with Crippen LogP contribution in [-0.4, -0.2) is 21.2 Å². The van der Waals surface area contributed by atoms with E-state index in [1.165, 1.54) is 5.56 Å². The number of rotatable bonds is 6. The van der Waals surface area contributed by atoms with Crippen LogP contribution in [0.15, 0.2) is 60.9 Å². The lowest BCUT2D eigenvalue weighted by Crippen LogP contribution is -2.04. The molecular weight excluding hydrogens is 304 g/mol. The molecule has 5 heteroatoms. The second-order valence-corrected chi connectivity index (χ2v) is 5.94. The maximum Gasteiger partial charge on any atom is 0.161 e. The first kappa shape index (κ1) is 15.5. The summed E-state index contributed by atoms with van der Waals surface area (Å²) in [5.74, 6) is 2.44. The Morgan fingerprint density at radius 3 is 2.52 bits per heavy atom. The van der Waals surface area contributed by atoms with Gasteiger partial charge in [-0.1, -0.05) is 30.3 Å². The smallest absolute Gasteiger partial charge is 0.161 e. The van der Waals surface area contributed by atoms with Crippen LogP contribution in [0.4, 0.5) is 5.82 Å². The molecule has 0 saturated heterocycles. The summed E-state index contributed by atoms with van der Waals surface area (Å²) in [5, 5.41) is 3.39. The first-order valence-corrected chi connectivity index (χ1v) is 8.79. The molecule has 3 rings (SSSR count). The van der Waals surface area contributed by atoms with Gasteiger partial charge in [0.1, 0.15) is 5.82 Å². The summed E-state index contributed by atoms with van der Waals surface area (Å²) in [7, 11) is 0. The van der Waals surface area contributed by atoms with Gasteiger partial charge in [-0.3, -0.25) is 4.98 Å². The Bertz CT molecular complexity index is 747. The number of hydrogen-bond donors (Lipinski definition) is 1. The number of nitrogens with zero attached hydrogens (tertiary/aromatic N) is 3. The van der Waals surface area contributed by atoms with E-state index in [-0.39, 0.29) is 0 Å². The highest BCUT2D eigenvalue weighted by Crippen LogP contribution is 2.19. The molecule has 0 fully saturated rings. The number of aromatic nitrogens is 3. The maximum atomic E-state index is 4.65. The first-order valence-electron chi connectivity index (χ1n) is 7.40. The quantitative estimate of drug-likeness (QED) is 0.743. The average Bonchev–Trinajstić information content (AvgIpc) is 2.62. The van der Waals surface area contributed by atoms with E-state index < -0.39 is 0 Å². The molecule has 3 aromatic rings. The minimum Gasteiger partial charge on any atom is -0.366 e. The zero-order valence-corrected chi connectivity index (χ0v) is 13.8. The van der Waals surface area contributed by atoms with Gasteiger partial charge in [-0.15, -0.1) is 0 Å². The van der Waals surface area contributed by atoms with Gasteiger partial charge >= 0.3 is 0 Å². The standard InChI is InChI=1S/C18H18N4S/c1-23-13-16-11-17(20-12-14-5-3-2-4-6-14)22-18(21-16)15-7-9-19-10-8-15/h2-11H,12-13H2,1H3,(H,20,21,22). The number of pyridine rings is 1. The van der Waals surface area contributed by atoms with Crippen molar-refractivity contribution < 1.29 is 0 Å². The number of hydrogen-bond acceptors (Lipinski definition) is 5. The third-order valence-corrected chi connectivity index (χ3v) is 3.91. The van der Waals surface area contributed by atoms with Crippen molar-refractivity contribution in [3.05, 3.63) is 72.2 Å². The Morgan fingerprint density at radius 1 is 1.00 bits per heavy atom. The molecule has 0 aliphatic carbocycles. The molecule has 0 radical (unpaired) electrons. The van der Waals surface area contributed by atoms with Gasteiger partial charge < -0.3 is 5.32 Å². The van der Waals surface area contributed by atoms with Crippen LogP contribution in [0.25, 0.3) is 11.4 Å². The summed E-state index contributed by atoms with van der Waals surface area (Å²) in [5.41, 5.74) is 3.23. The van der Waals surface area contributed by atoms with E-state index >= 15 is 0 Å². The van der Waals surface area contributed by atoms with E-state index in [2.05, 4.69) is 38.7 Å². The molecule has 0 aliphatic heterocycles. The number of nitrogens with one attached hydrogen (secondary N) is 1. The second-order valence-electron chi connectivity index (χ2n) is 5.08. The number of benzene rings is 1. The van der Waals surface area contributed by atoms with E-state index in [9.17, 15) is 0 Å². The van der Waals surface area contributed by atoms with Gasteiger partial charge in [0, 0.05) is 36.3 Å². The van der Waals surface area contributed by atoms with Gasteiger partial charge in [0.15, 0.2) is 5.82 Å². The van der Waals surface area contributed by atoms with Crippen LogP contribution in [0, 0.1) is 0 Å². The minimum absolute atomic E-state index is 0.731.